The summed E-state index contributed by atoms with van der Waals surface area (Å²) in [5.41, 5.74) is 0.650. The van der Waals surface area contributed by atoms with Crippen molar-refractivity contribution in [2.45, 2.75) is 37.9 Å². The second kappa shape index (κ2) is 3.52. The summed E-state index contributed by atoms with van der Waals surface area (Å²) < 4.78 is 5.71. The lowest BCUT2D eigenvalue weighted by Gasteiger charge is -2.25. The first-order chi connectivity index (χ1) is 6.58. The largest absolute Gasteiger partial charge is 0.386 e. The van der Waals surface area contributed by atoms with Crippen molar-refractivity contribution in [3.8, 4) is 0 Å². The molecule has 2 aliphatic rings. The summed E-state index contributed by atoms with van der Waals surface area (Å²) in [7, 11) is 0. The maximum atomic E-state index is 9.90. The molecule has 0 saturated heterocycles. The van der Waals surface area contributed by atoms with Crippen LogP contribution in [0.25, 0.3) is 0 Å². The Labute approximate surface area is 85.3 Å². The summed E-state index contributed by atoms with van der Waals surface area (Å²) in [6.07, 6.45) is 6.84. The van der Waals surface area contributed by atoms with E-state index in [-0.39, 0.29) is 6.10 Å². The molecule has 14 heavy (non-hydrogen) atoms. The van der Waals surface area contributed by atoms with Gasteiger partial charge in [-0.1, -0.05) is 24.3 Å². The smallest absolute Gasteiger partial charge is 0.0801 e. The zero-order valence-corrected chi connectivity index (χ0v) is 8.70. The summed E-state index contributed by atoms with van der Waals surface area (Å²) in [4.78, 5) is 0. The molecule has 0 aromatic rings. The van der Waals surface area contributed by atoms with Gasteiger partial charge in [-0.2, -0.15) is 0 Å². The van der Waals surface area contributed by atoms with Crippen LogP contribution in [0.5, 0.6) is 0 Å². The van der Waals surface area contributed by atoms with Gasteiger partial charge in [-0.05, 0) is 26.2 Å². The summed E-state index contributed by atoms with van der Waals surface area (Å²) in [6.45, 7) is 6.42. The molecular weight excluding hydrogens is 176 g/mol. The van der Waals surface area contributed by atoms with Crippen LogP contribution in [0.2, 0.25) is 0 Å². The van der Waals surface area contributed by atoms with E-state index in [0.717, 1.165) is 19.3 Å². The van der Waals surface area contributed by atoms with Gasteiger partial charge in [0.25, 0.3) is 0 Å². The Morgan fingerprint density at radius 3 is 3.00 bits per heavy atom. The Morgan fingerprint density at radius 2 is 2.36 bits per heavy atom. The highest BCUT2D eigenvalue weighted by Gasteiger charge is 2.37. The van der Waals surface area contributed by atoms with Gasteiger partial charge in [-0.3, -0.25) is 0 Å². The van der Waals surface area contributed by atoms with Crippen molar-refractivity contribution in [2.75, 3.05) is 6.61 Å². The third-order valence-electron chi connectivity index (χ3n) is 3.11. The van der Waals surface area contributed by atoms with Crippen LogP contribution in [0.3, 0.4) is 0 Å². The summed E-state index contributed by atoms with van der Waals surface area (Å²) in [5.74, 6) is 0.553. The molecule has 2 heteroatoms. The Balaban J connectivity index is 1.97. The van der Waals surface area contributed by atoms with Gasteiger partial charge < -0.3 is 9.84 Å². The maximum Gasteiger partial charge on any atom is 0.0801 e. The molecule has 1 unspecified atom stereocenters. The van der Waals surface area contributed by atoms with Gasteiger partial charge in [0, 0.05) is 5.92 Å². The molecule has 3 atom stereocenters. The highest BCUT2D eigenvalue weighted by molar-refractivity contribution is 5.21. The molecule has 2 rings (SSSR count). The topological polar surface area (TPSA) is 29.5 Å². The molecule has 1 N–H and O–H groups in total. The Kier molecular flexibility index (Phi) is 2.50. The van der Waals surface area contributed by atoms with E-state index in [2.05, 4.69) is 6.58 Å². The first-order valence-corrected chi connectivity index (χ1v) is 5.28. The van der Waals surface area contributed by atoms with Gasteiger partial charge in [0.05, 0.1) is 18.3 Å². The molecule has 1 aliphatic carbocycles. The molecule has 0 spiro atoms. The maximum absolute atomic E-state index is 9.90. The first kappa shape index (κ1) is 9.94. The minimum absolute atomic E-state index is 0.277. The lowest BCUT2D eigenvalue weighted by molar-refractivity contribution is 0.0183. The van der Waals surface area contributed by atoms with Gasteiger partial charge in [-0.25, -0.2) is 0 Å². The molecule has 1 heterocycles. The summed E-state index contributed by atoms with van der Waals surface area (Å²) in [6, 6.07) is 0. The molecule has 0 radical (unpaired) electrons. The number of hydrogen-bond donors (Lipinski definition) is 1. The van der Waals surface area contributed by atoms with Crippen LogP contribution in [0.15, 0.2) is 24.3 Å². The molecule has 1 fully saturated rings. The van der Waals surface area contributed by atoms with Gasteiger partial charge in [0.15, 0.2) is 0 Å². The molecule has 0 amide bonds. The van der Waals surface area contributed by atoms with Gasteiger partial charge in [-0.15, -0.1) is 0 Å². The Hall–Kier alpha value is -0.600. The second-order valence-electron chi connectivity index (χ2n) is 4.64. The van der Waals surface area contributed by atoms with Crippen LogP contribution < -0.4 is 0 Å². The third-order valence-corrected chi connectivity index (χ3v) is 3.11. The number of rotatable bonds is 1. The van der Waals surface area contributed by atoms with E-state index in [9.17, 15) is 5.11 Å². The minimum Gasteiger partial charge on any atom is -0.386 e. The van der Waals surface area contributed by atoms with Crippen LogP contribution in [-0.2, 0) is 4.74 Å². The lowest BCUT2D eigenvalue weighted by Crippen LogP contribution is -2.27. The van der Waals surface area contributed by atoms with Gasteiger partial charge in [0.2, 0.25) is 0 Å². The Morgan fingerprint density at radius 1 is 1.64 bits per heavy atom. The molecule has 1 saturated carbocycles. The highest BCUT2D eigenvalue weighted by Crippen LogP contribution is 2.42. The van der Waals surface area contributed by atoms with E-state index in [1.807, 2.05) is 19.1 Å². The average molecular weight is 194 g/mol. The van der Waals surface area contributed by atoms with Crippen molar-refractivity contribution in [2.24, 2.45) is 5.92 Å². The van der Waals surface area contributed by atoms with Crippen molar-refractivity contribution in [1.29, 1.82) is 0 Å². The average Bonchev–Trinajstić information content (AvgIpc) is 2.78. The molecule has 2 nitrogen and oxygen atoms in total. The van der Waals surface area contributed by atoms with E-state index in [1.165, 1.54) is 5.57 Å². The van der Waals surface area contributed by atoms with E-state index in [0.29, 0.717) is 12.5 Å². The van der Waals surface area contributed by atoms with Crippen molar-refractivity contribution in [3.05, 3.63) is 24.3 Å². The zero-order valence-electron chi connectivity index (χ0n) is 8.70. The fourth-order valence-electron chi connectivity index (χ4n) is 2.02. The SMILES string of the molecule is C=C1C[C@H]1[C@@H]1CCC(C)(O)/C=C\CO1. The predicted molar refractivity (Wildman–Crippen MR) is 56.0 cm³/mol. The van der Waals surface area contributed by atoms with Crippen molar-refractivity contribution in [3.63, 3.8) is 0 Å². The van der Waals surface area contributed by atoms with Crippen LogP contribution in [0.4, 0.5) is 0 Å². The van der Waals surface area contributed by atoms with Crippen LogP contribution >= 0.6 is 0 Å². The van der Waals surface area contributed by atoms with Gasteiger partial charge in [0.1, 0.15) is 0 Å². The quantitative estimate of drug-likeness (QED) is 0.647. The fourth-order valence-corrected chi connectivity index (χ4v) is 2.02. The number of aliphatic hydroxyl groups is 1. The zero-order chi connectivity index (χ0) is 10.2. The minimum atomic E-state index is -0.655. The van der Waals surface area contributed by atoms with E-state index in [4.69, 9.17) is 4.74 Å². The van der Waals surface area contributed by atoms with Gasteiger partial charge >= 0.3 is 0 Å². The lowest BCUT2D eigenvalue weighted by atomic mass is 9.95. The summed E-state index contributed by atoms with van der Waals surface area (Å²) >= 11 is 0. The van der Waals surface area contributed by atoms with Crippen LogP contribution in [0.1, 0.15) is 26.2 Å². The molecule has 0 aromatic heterocycles. The third kappa shape index (κ3) is 2.25. The monoisotopic (exact) mass is 194 g/mol. The standard InChI is InChI=1S/C12H18O2/c1-9-8-10(9)11-4-6-12(2,13)5-3-7-14-11/h3,5,10-11,13H,1,4,6-8H2,2H3/b5-3-/t10-,11+,12?/m1/s1. The highest BCUT2D eigenvalue weighted by atomic mass is 16.5. The van der Waals surface area contributed by atoms with Crippen molar-refractivity contribution < 1.29 is 9.84 Å². The predicted octanol–water partition coefficient (Wildman–Crippen LogP) is 2.05. The van der Waals surface area contributed by atoms with Crippen molar-refractivity contribution >= 4 is 0 Å². The van der Waals surface area contributed by atoms with E-state index in [1.54, 1.807) is 0 Å². The van der Waals surface area contributed by atoms with Crippen LogP contribution in [0, 0.1) is 5.92 Å². The molecule has 0 bridgehead atoms. The van der Waals surface area contributed by atoms with E-state index >= 15 is 0 Å². The number of ether oxygens (including phenoxy) is 1. The van der Waals surface area contributed by atoms with Crippen molar-refractivity contribution in [1.82, 2.24) is 0 Å². The molecule has 0 aromatic carbocycles. The first-order valence-electron chi connectivity index (χ1n) is 5.28. The van der Waals surface area contributed by atoms with E-state index < -0.39 is 5.60 Å². The molecule has 1 aliphatic heterocycles. The molecular formula is C12H18O2. The fraction of sp³-hybridized carbons (Fsp3) is 0.667. The van der Waals surface area contributed by atoms with Crippen LogP contribution in [-0.4, -0.2) is 23.4 Å². The number of hydrogen-bond acceptors (Lipinski definition) is 2. The second-order valence-corrected chi connectivity index (χ2v) is 4.64. The Bertz CT molecular complexity index is 265. The summed E-state index contributed by atoms with van der Waals surface area (Å²) in [5, 5.41) is 9.90. The molecule has 78 valence electrons. The normalized spacial score (nSPS) is 45.4.